The zero-order valence-corrected chi connectivity index (χ0v) is 10.00. The Kier molecular flexibility index (Phi) is 3.44. The van der Waals surface area contributed by atoms with Gasteiger partial charge in [-0.1, -0.05) is 13.3 Å². The van der Waals surface area contributed by atoms with Crippen molar-refractivity contribution >= 4 is 5.69 Å². The van der Waals surface area contributed by atoms with E-state index in [4.69, 9.17) is 5.73 Å². The second-order valence-corrected chi connectivity index (χ2v) is 4.81. The summed E-state index contributed by atoms with van der Waals surface area (Å²) in [5.41, 5.74) is 8.32. The first-order chi connectivity index (χ1) is 7.76. The third-order valence-corrected chi connectivity index (χ3v) is 3.53. The summed E-state index contributed by atoms with van der Waals surface area (Å²) in [5.74, 6) is 0. The van der Waals surface area contributed by atoms with Gasteiger partial charge in [-0.05, 0) is 43.9 Å². The van der Waals surface area contributed by atoms with Gasteiger partial charge in [-0.2, -0.15) is 0 Å². The molecule has 1 fully saturated rings. The average molecular weight is 219 g/mol. The van der Waals surface area contributed by atoms with E-state index in [1.54, 1.807) is 6.20 Å². The molecule has 0 bridgehead atoms. The number of rotatable bonds is 4. The minimum absolute atomic E-state index is 0.270. The molecule has 1 aromatic rings. The number of nitrogens with two attached hydrogens (primary N) is 1. The molecule has 3 heteroatoms. The van der Waals surface area contributed by atoms with Crippen LogP contribution >= 0.6 is 0 Å². The normalized spacial score (nSPS) is 24.8. The van der Waals surface area contributed by atoms with Crippen molar-refractivity contribution in [2.24, 2.45) is 0 Å². The monoisotopic (exact) mass is 219 g/mol. The molecule has 1 aliphatic rings. The van der Waals surface area contributed by atoms with Crippen molar-refractivity contribution in [3.05, 3.63) is 24.0 Å². The summed E-state index contributed by atoms with van der Waals surface area (Å²) >= 11 is 0. The Labute approximate surface area is 97.5 Å². The van der Waals surface area contributed by atoms with Crippen LogP contribution in [0.25, 0.3) is 0 Å². The number of pyridine rings is 1. The molecule has 1 atom stereocenters. The van der Waals surface area contributed by atoms with Crippen molar-refractivity contribution in [3.63, 3.8) is 0 Å². The number of aromatic nitrogens is 1. The summed E-state index contributed by atoms with van der Waals surface area (Å²) in [6.07, 6.45) is 9.66. The molecule has 1 aromatic heterocycles. The molecule has 88 valence electrons. The van der Waals surface area contributed by atoms with Crippen LogP contribution in [0, 0.1) is 0 Å². The van der Waals surface area contributed by atoms with Gasteiger partial charge in [-0.15, -0.1) is 0 Å². The number of hydrogen-bond donors (Lipinski definition) is 2. The van der Waals surface area contributed by atoms with E-state index in [1.165, 1.54) is 31.2 Å². The lowest BCUT2D eigenvalue weighted by Gasteiger charge is -2.29. The zero-order valence-electron chi connectivity index (χ0n) is 10.00. The number of nitrogens with one attached hydrogen (secondary N) is 1. The highest BCUT2D eigenvalue weighted by Gasteiger charge is 2.32. The van der Waals surface area contributed by atoms with Crippen molar-refractivity contribution in [2.45, 2.75) is 44.6 Å². The van der Waals surface area contributed by atoms with E-state index in [2.05, 4.69) is 17.2 Å². The van der Waals surface area contributed by atoms with Crippen molar-refractivity contribution in [1.82, 2.24) is 10.3 Å². The lowest BCUT2D eigenvalue weighted by Crippen LogP contribution is -2.41. The Hall–Kier alpha value is -1.09. The smallest absolute Gasteiger partial charge is 0.0378 e. The third-order valence-electron chi connectivity index (χ3n) is 3.53. The lowest BCUT2D eigenvalue weighted by molar-refractivity contribution is 0.342. The predicted molar refractivity (Wildman–Crippen MR) is 67.2 cm³/mol. The molecule has 1 saturated heterocycles. The Morgan fingerprint density at radius 3 is 3.06 bits per heavy atom. The molecule has 0 aliphatic carbocycles. The predicted octanol–water partition coefficient (Wildman–Crippen LogP) is 2.13. The first kappa shape index (κ1) is 11.4. The molecule has 1 unspecified atom stereocenters. The number of hydrogen-bond acceptors (Lipinski definition) is 3. The lowest BCUT2D eigenvalue weighted by atomic mass is 9.85. The van der Waals surface area contributed by atoms with Crippen LogP contribution < -0.4 is 11.1 Å². The van der Waals surface area contributed by atoms with Crippen LogP contribution in [0.2, 0.25) is 0 Å². The van der Waals surface area contributed by atoms with Gasteiger partial charge in [0.05, 0.1) is 0 Å². The van der Waals surface area contributed by atoms with E-state index in [9.17, 15) is 0 Å². The maximum Gasteiger partial charge on any atom is 0.0378 e. The molecule has 3 N–H and O–H groups in total. The fourth-order valence-corrected chi connectivity index (χ4v) is 2.75. The zero-order chi connectivity index (χ0) is 11.4. The molecule has 3 nitrogen and oxygen atoms in total. The molecule has 0 radical (unpaired) electrons. The molecule has 0 amide bonds. The number of anilines is 1. The van der Waals surface area contributed by atoms with Crippen LogP contribution in [-0.2, 0) is 6.42 Å². The van der Waals surface area contributed by atoms with Crippen LogP contribution in [0.5, 0.6) is 0 Å². The number of nitrogen functional groups attached to an aromatic ring is 1. The van der Waals surface area contributed by atoms with Crippen LogP contribution in [0.1, 0.15) is 38.2 Å². The standard InChI is InChI=1S/C13H21N3/c1-2-5-13(6-3-7-16-13)9-11-10-15-8-4-12(11)14/h4,8,10,16H,2-3,5-7,9H2,1H3,(H2,14,15). The van der Waals surface area contributed by atoms with Gasteiger partial charge in [-0.25, -0.2) is 0 Å². The molecular formula is C13H21N3. The first-order valence-electron chi connectivity index (χ1n) is 6.19. The van der Waals surface area contributed by atoms with E-state index in [-0.39, 0.29) is 5.54 Å². The van der Waals surface area contributed by atoms with Gasteiger partial charge >= 0.3 is 0 Å². The molecule has 16 heavy (non-hydrogen) atoms. The fourth-order valence-electron chi connectivity index (χ4n) is 2.75. The molecule has 1 aliphatic heterocycles. The summed E-state index contributed by atoms with van der Waals surface area (Å²) in [6.45, 7) is 3.38. The van der Waals surface area contributed by atoms with E-state index >= 15 is 0 Å². The SMILES string of the molecule is CCCC1(Cc2cnccc2N)CCCN1. The maximum absolute atomic E-state index is 5.99. The Morgan fingerprint density at radius 2 is 2.44 bits per heavy atom. The van der Waals surface area contributed by atoms with E-state index in [1.807, 2.05) is 12.3 Å². The second-order valence-electron chi connectivity index (χ2n) is 4.81. The highest BCUT2D eigenvalue weighted by atomic mass is 15.0. The van der Waals surface area contributed by atoms with Gasteiger partial charge in [0.15, 0.2) is 0 Å². The van der Waals surface area contributed by atoms with E-state index in [0.717, 1.165) is 18.7 Å². The molecular weight excluding hydrogens is 198 g/mol. The van der Waals surface area contributed by atoms with Crippen molar-refractivity contribution in [1.29, 1.82) is 0 Å². The highest BCUT2D eigenvalue weighted by Crippen LogP contribution is 2.30. The summed E-state index contributed by atoms with van der Waals surface area (Å²) in [5, 5.41) is 3.66. The summed E-state index contributed by atoms with van der Waals surface area (Å²) in [6, 6.07) is 1.89. The quantitative estimate of drug-likeness (QED) is 0.815. The van der Waals surface area contributed by atoms with Crippen LogP contribution in [0.3, 0.4) is 0 Å². The topological polar surface area (TPSA) is 50.9 Å². The Bertz CT molecular complexity index is 343. The Morgan fingerprint density at radius 1 is 1.56 bits per heavy atom. The minimum atomic E-state index is 0.270. The first-order valence-corrected chi connectivity index (χ1v) is 6.19. The van der Waals surface area contributed by atoms with Crippen molar-refractivity contribution in [3.8, 4) is 0 Å². The third kappa shape index (κ3) is 2.35. The van der Waals surface area contributed by atoms with Gasteiger partial charge in [0.1, 0.15) is 0 Å². The van der Waals surface area contributed by atoms with Crippen LogP contribution in [-0.4, -0.2) is 17.1 Å². The summed E-state index contributed by atoms with van der Waals surface area (Å²) in [4.78, 5) is 4.17. The summed E-state index contributed by atoms with van der Waals surface area (Å²) < 4.78 is 0. The van der Waals surface area contributed by atoms with E-state index < -0.39 is 0 Å². The average Bonchev–Trinajstić information content (AvgIpc) is 2.71. The van der Waals surface area contributed by atoms with Crippen molar-refractivity contribution in [2.75, 3.05) is 12.3 Å². The van der Waals surface area contributed by atoms with Gasteiger partial charge in [0, 0.05) is 23.6 Å². The molecule has 0 saturated carbocycles. The van der Waals surface area contributed by atoms with E-state index in [0.29, 0.717) is 0 Å². The molecule has 0 spiro atoms. The van der Waals surface area contributed by atoms with Gasteiger partial charge in [-0.3, -0.25) is 4.98 Å². The fraction of sp³-hybridized carbons (Fsp3) is 0.615. The largest absolute Gasteiger partial charge is 0.398 e. The molecule has 0 aromatic carbocycles. The number of nitrogens with zero attached hydrogens (tertiary/aromatic N) is 1. The second kappa shape index (κ2) is 4.83. The van der Waals surface area contributed by atoms with Crippen molar-refractivity contribution < 1.29 is 0 Å². The molecule has 2 rings (SSSR count). The van der Waals surface area contributed by atoms with Crippen LogP contribution in [0.15, 0.2) is 18.5 Å². The van der Waals surface area contributed by atoms with Crippen LogP contribution in [0.4, 0.5) is 5.69 Å². The summed E-state index contributed by atoms with van der Waals surface area (Å²) in [7, 11) is 0. The maximum atomic E-state index is 5.99. The van der Waals surface area contributed by atoms with Gasteiger partial charge < -0.3 is 11.1 Å². The minimum Gasteiger partial charge on any atom is -0.398 e. The molecule has 2 heterocycles. The van der Waals surface area contributed by atoms with Gasteiger partial charge in [0.25, 0.3) is 0 Å². The highest BCUT2D eigenvalue weighted by molar-refractivity contribution is 5.45. The van der Waals surface area contributed by atoms with Gasteiger partial charge in [0.2, 0.25) is 0 Å². The Balaban J connectivity index is 2.14.